The molecule has 1 heterocycles. The molecule has 1 N–H and O–H groups in total. The molecular formula is C19H20ClFN2O. The van der Waals surface area contributed by atoms with Crippen molar-refractivity contribution in [3.8, 4) is 0 Å². The molecule has 1 amide bonds. The van der Waals surface area contributed by atoms with E-state index < -0.39 is 0 Å². The predicted molar refractivity (Wildman–Crippen MR) is 96.5 cm³/mol. The van der Waals surface area contributed by atoms with E-state index in [0.717, 1.165) is 41.8 Å². The number of hydrogen-bond donors (Lipinski definition) is 1. The van der Waals surface area contributed by atoms with Gasteiger partial charge in [-0.05, 0) is 67.6 Å². The Labute approximate surface area is 146 Å². The molecule has 0 fully saturated rings. The highest BCUT2D eigenvalue weighted by molar-refractivity contribution is 6.34. The van der Waals surface area contributed by atoms with Crippen LogP contribution in [0.2, 0.25) is 5.02 Å². The third-order valence-electron chi connectivity index (χ3n) is 4.29. The van der Waals surface area contributed by atoms with E-state index in [2.05, 4.69) is 5.32 Å². The van der Waals surface area contributed by atoms with Gasteiger partial charge in [0, 0.05) is 12.2 Å². The van der Waals surface area contributed by atoms with Crippen LogP contribution in [0, 0.1) is 19.7 Å². The molecule has 0 saturated carbocycles. The van der Waals surface area contributed by atoms with Gasteiger partial charge in [0.1, 0.15) is 5.82 Å². The van der Waals surface area contributed by atoms with Gasteiger partial charge in [-0.1, -0.05) is 17.7 Å². The van der Waals surface area contributed by atoms with Gasteiger partial charge in [-0.25, -0.2) is 4.39 Å². The van der Waals surface area contributed by atoms with Crippen LogP contribution in [0.1, 0.15) is 23.1 Å². The molecule has 0 radical (unpaired) electrons. The van der Waals surface area contributed by atoms with Gasteiger partial charge < -0.3 is 10.2 Å². The molecule has 2 aromatic carbocycles. The SMILES string of the molecule is Cc1cc(C)c(NC(=O)CN2CCCc3cc(F)ccc32)c(Cl)c1. The monoisotopic (exact) mass is 346 g/mol. The zero-order chi connectivity index (χ0) is 17.3. The number of nitrogens with one attached hydrogen (secondary N) is 1. The van der Waals surface area contributed by atoms with Crippen molar-refractivity contribution in [3.63, 3.8) is 0 Å². The van der Waals surface area contributed by atoms with Gasteiger partial charge >= 0.3 is 0 Å². The van der Waals surface area contributed by atoms with Crippen LogP contribution in [0.15, 0.2) is 30.3 Å². The standard InChI is InChI=1S/C19H20ClFN2O/c1-12-8-13(2)19(16(20)9-12)22-18(24)11-23-7-3-4-14-10-15(21)5-6-17(14)23/h5-6,8-10H,3-4,7,11H2,1-2H3,(H,22,24). The number of carbonyl (C=O) groups is 1. The molecule has 3 nitrogen and oxygen atoms in total. The second-order valence-corrected chi connectivity index (χ2v) is 6.69. The van der Waals surface area contributed by atoms with Gasteiger partial charge in [-0.15, -0.1) is 0 Å². The third kappa shape index (κ3) is 3.54. The van der Waals surface area contributed by atoms with Crippen molar-refractivity contribution in [2.45, 2.75) is 26.7 Å². The van der Waals surface area contributed by atoms with Crippen molar-refractivity contribution in [3.05, 3.63) is 57.9 Å². The summed E-state index contributed by atoms with van der Waals surface area (Å²) in [6.07, 6.45) is 1.75. The summed E-state index contributed by atoms with van der Waals surface area (Å²) in [7, 11) is 0. The maximum absolute atomic E-state index is 13.4. The molecule has 0 unspecified atom stereocenters. The molecule has 2 aromatic rings. The Morgan fingerprint density at radius 3 is 2.83 bits per heavy atom. The van der Waals surface area contributed by atoms with Crippen LogP contribution < -0.4 is 10.2 Å². The molecule has 5 heteroatoms. The topological polar surface area (TPSA) is 32.3 Å². The van der Waals surface area contributed by atoms with Crippen LogP contribution in [-0.2, 0) is 11.2 Å². The van der Waals surface area contributed by atoms with Crippen molar-refractivity contribution in [2.24, 2.45) is 0 Å². The Bertz CT molecular complexity index is 768. The zero-order valence-corrected chi connectivity index (χ0v) is 14.6. The average Bonchev–Trinajstić information content (AvgIpc) is 2.50. The molecule has 0 atom stereocenters. The normalized spacial score (nSPS) is 13.6. The fourth-order valence-electron chi connectivity index (χ4n) is 3.23. The highest BCUT2D eigenvalue weighted by Crippen LogP contribution is 2.29. The van der Waals surface area contributed by atoms with Gasteiger partial charge in [0.25, 0.3) is 0 Å². The summed E-state index contributed by atoms with van der Waals surface area (Å²) in [6, 6.07) is 8.57. The number of carbonyl (C=O) groups excluding carboxylic acids is 1. The average molecular weight is 347 g/mol. The Hall–Kier alpha value is -2.07. The molecular weight excluding hydrogens is 327 g/mol. The lowest BCUT2D eigenvalue weighted by molar-refractivity contribution is -0.115. The largest absolute Gasteiger partial charge is 0.362 e. The van der Waals surface area contributed by atoms with Crippen molar-refractivity contribution in [2.75, 3.05) is 23.3 Å². The molecule has 0 bridgehead atoms. The number of amides is 1. The first-order chi connectivity index (χ1) is 11.4. The maximum Gasteiger partial charge on any atom is 0.243 e. The number of nitrogens with zero attached hydrogens (tertiary/aromatic N) is 1. The van der Waals surface area contributed by atoms with E-state index in [0.29, 0.717) is 10.7 Å². The Morgan fingerprint density at radius 1 is 1.29 bits per heavy atom. The summed E-state index contributed by atoms with van der Waals surface area (Å²) in [6.45, 7) is 4.90. The van der Waals surface area contributed by atoms with E-state index in [1.165, 1.54) is 6.07 Å². The number of hydrogen-bond acceptors (Lipinski definition) is 2. The second-order valence-electron chi connectivity index (χ2n) is 6.28. The zero-order valence-electron chi connectivity index (χ0n) is 13.8. The highest BCUT2D eigenvalue weighted by Gasteiger charge is 2.20. The summed E-state index contributed by atoms with van der Waals surface area (Å²) in [5.74, 6) is -0.358. The molecule has 1 aliphatic heterocycles. The van der Waals surface area contributed by atoms with Crippen LogP contribution in [0.4, 0.5) is 15.8 Å². The van der Waals surface area contributed by atoms with Gasteiger partial charge in [-0.3, -0.25) is 4.79 Å². The van der Waals surface area contributed by atoms with E-state index in [-0.39, 0.29) is 18.3 Å². The van der Waals surface area contributed by atoms with Gasteiger partial charge in [0.15, 0.2) is 0 Å². The first kappa shape index (κ1) is 16.8. The third-order valence-corrected chi connectivity index (χ3v) is 4.59. The Balaban J connectivity index is 1.75. The van der Waals surface area contributed by atoms with Crippen LogP contribution >= 0.6 is 11.6 Å². The molecule has 126 valence electrons. The molecule has 0 aromatic heterocycles. The Kier molecular flexibility index (Phi) is 4.76. The van der Waals surface area contributed by atoms with Crippen LogP contribution in [0.25, 0.3) is 0 Å². The maximum atomic E-state index is 13.4. The van der Waals surface area contributed by atoms with E-state index in [9.17, 15) is 9.18 Å². The van der Waals surface area contributed by atoms with Crippen LogP contribution in [-0.4, -0.2) is 19.0 Å². The van der Waals surface area contributed by atoms with Crippen LogP contribution in [0.5, 0.6) is 0 Å². The number of aryl methyl sites for hydroxylation is 3. The van der Waals surface area contributed by atoms with Crippen molar-refractivity contribution < 1.29 is 9.18 Å². The summed E-state index contributed by atoms with van der Waals surface area (Å²) in [4.78, 5) is 14.5. The van der Waals surface area contributed by atoms with Gasteiger partial charge in [-0.2, -0.15) is 0 Å². The number of halogens is 2. The molecule has 0 aliphatic carbocycles. The van der Waals surface area contributed by atoms with Crippen molar-refractivity contribution >= 4 is 28.9 Å². The lowest BCUT2D eigenvalue weighted by atomic mass is 10.0. The van der Waals surface area contributed by atoms with Gasteiger partial charge in [0.2, 0.25) is 5.91 Å². The summed E-state index contributed by atoms with van der Waals surface area (Å²) in [5, 5.41) is 3.45. The highest BCUT2D eigenvalue weighted by atomic mass is 35.5. The fourth-order valence-corrected chi connectivity index (χ4v) is 3.60. The first-order valence-corrected chi connectivity index (χ1v) is 8.42. The predicted octanol–water partition coefficient (Wildman–Crippen LogP) is 4.49. The lowest BCUT2D eigenvalue weighted by Crippen LogP contribution is -2.37. The van der Waals surface area contributed by atoms with E-state index >= 15 is 0 Å². The molecule has 3 rings (SSSR count). The fraction of sp³-hybridized carbons (Fsp3) is 0.316. The summed E-state index contributed by atoms with van der Waals surface area (Å²) in [5.41, 5.74) is 4.55. The summed E-state index contributed by atoms with van der Waals surface area (Å²) >= 11 is 6.25. The molecule has 0 saturated heterocycles. The van der Waals surface area contributed by atoms with Crippen molar-refractivity contribution in [1.29, 1.82) is 0 Å². The molecule has 24 heavy (non-hydrogen) atoms. The van der Waals surface area contributed by atoms with E-state index in [4.69, 9.17) is 11.6 Å². The lowest BCUT2D eigenvalue weighted by Gasteiger charge is -2.30. The minimum absolute atomic E-state index is 0.124. The quantitative estimate of drug-likeness (QED) is 0.888. The smallest absolute Gasteiger partial charge is 0.243 e. The van der Waals surface area contributed by atoms with Gasteiger partial charge in [0.05, 0.1) is 17.3 Å². The number of benzene rings is 2. The Morgan fingerprint density at radius 2 is 2.08 bits per heavy atom. The second kappa shape index (κ2) is 6.81. The van der Waals surface area contributed by atoms with E-state index in [1.807, 2.05) is 30.9 Å². The number of fused-ring (bicyclic) bond motifs is 1. The van der Waals surface area contributed by atoms with Crippen LogP contribution in [0.3, 0.4) is 0 Å². The van der Waals surface area contributed by atoms with Crippen molar-refractivity contribution in [1.82, 2.24) is 0 Å². The molecule has 1 aliphatic rings. The minimum Gasteiger partial charge on any atom is -0.362 e. The number of rotatable bonds is 3. The molecule has 0 spiro atoms. The number of anilines is 2. The first-order valence-electron chi connectivity index (χ1n) is 8.04. The van der Waals surface area contributed by atoms with E-state index in [1.54, 1.807) is 12.1 Å². The summed E-state index contributed by atoms with van der Waals surface area (Å²) < 4.78 is 13.4. The minimum atomic E-state index is -0.234.